The van der Waals surface area contributed by atoms with Crippen LogP contribution in [0.5, 0.6) is 5.75 Å². The number of hydrogen-bond acceptors (Lipinski definition) is 6. The number of benzene rings is 1. The average Bonchev–Trinajstić information content (AvgIpc) is 3.12. The summed E-state index contributed by atoms with van der Waals surface area (Å²) in [7, 11) is -1.41. The van der Waals surface area contributed by atoms with Gasteiger partial charge in [-0.3, -0.25) is 9.36 Å². The largest absolute Gasteiger partial charge is 0.494 e. The zero-order valence-corrected chi connectivity index (χ0v) is 22.1. The number of hydrogen-bond donors (Lipinski definition) is 2. The van der Waals surface area contributed by atoms with Crippen molar-refractivity contribution in [3.63, 3.8) is 0 Å². The fourth-order valence-corrected chi connectivity index (χ4v) is 5.89. The number of rotatable bonds is 9. The minimum Gasteiger partial charge on any atom is -0.494 e. The number of methoxy groups -OCH3 is 1. The second kappa shape index (κ2) is 11.0. The number of sulfone groups is 1. The number of imidazole rings is 1. The molecule has 1 aliphatic rings. The average molecular weight is 511 g/mol. The molecule has 0 radical (unpaired) electrons. The Morgan fingerprint density at radius 1 is 1.26 bits per heavy atom. The highest BCUT2D eigenvalue weighted by molar-refractivity contribution is 7.91. The number of aryl methyl sites for hydroxylation is 1. The van der Waals surface area contributed by atoms with Gasteiger partial charge in [-0.2, -0.15) is 0 Å². The van der Waals surface area contributed by atoms with E-state index in [4.69, 9.17) is 16.3 Å². The smallest absolute Gasteiger partial charge is 0.273 e. The van der Waals surface area contributed by atoms with Crippen LogP contribution in [0.3, 0.4) is 0 Å². The number of aromatic nitrogens is 2. The number of halogens is 1. The second-order valence-corrected chi connectivity index (χ2v) is 11.9. The topological polar surface area (TPSA) is 102 Å². The normalized spacial score (nSPS) is 18.7. The lowest BCUT2D eigenvalue weighted by Crippen LogP contribution is -2.34. The van der Waals surface area contributed by atoms with E-state index >= 15 is 0 Å². The van der Waals surface area contributed by atoms with E-state index in [1.807, 2.05) is 25.1 Å². The van der Waals surface area contributed by atoms with Gasteiger partial charge in [0.1, 0.15) is 26.6 Å². The molecule has 3 rings (SSSR count). The summed E-state index contributed by atoms with van der Waals surface area (Å²) in [5.74, 6) is 1.19. The summed E-state index contributed by atoms with van der Waals surface area (Å²) in [6.07, 6.45) is 4.69. The third-order valence-electron chi connectivity index (χ3n) is 6.25. The highest BCUT2D eigenvalue weighted by Gasteiger charge is 2.29. The fraction of sp³-hybridized carbons (Fsp3) is 0.583. The first-order valence-corrected chi connectivity index (χ1v) is 14.1. The van der Waals surface area contributed by atoms with Gasteiger partial charge in [-0.25, -0.2) is 13.4 Å². The van der Waals surface area contributed by atoms with E-state index in [2.05, 4.69) is 29.5 Å². The molecule has 1 aromatic carbocycles. The Hall–Kier alpha value is -2.26. The minimum atomic E-state index is -3.01. The highest BCUT2D eigenvalue weighted by atomic mass is 35.5. The number of ether oxygens (including phenoxy) is 1. The molecule has 0 atom stereocenters. The van der Waals surface area contributed by atoms with Gasteiger partial charge < -0.3 is 15.4 Å². The Balaban J connectivity index is 1.77. The van der Waals surface area contributed by atoms with E-state index in [9.17, 15) is 13.2 Å². The van der Waals surface area contributed by atoms with Crippen LogP contribution in [0.2, 0.25) is 5.15 Å². The molecule has 34 heavy (non-hydrogen) atoms. The van der Waals surface area contributed by atoms with Crippen LogP contribution in [0.25, 0.3) is 5.69 Å². The lowest BCUT2D eigenvalue weighted by Gasteiger charge is -2.27. The summed E-state index contributed by atoms with van der Waals surface area (Å²) in [5, 5.41) is 6.26. The van der Waals surface area contributed by atoms with E-state index in [-0.39, 0.29) is 34.0 Å². The first-order valence-electron chi connectivity index (χ1n) is 11.7. The van der Waals surface area contributed by atoms with Crippen molar-refractivity contribution in [2.75, 3.05) is 25.2 Å². The van der Waals surface area contributed by atoms with Crippen LogP contribution in [-0.4, -0.2) is 55.1 Å². The molecule has 1 amide bonds. The van der Waals surface area contributed by atoms with Crippen LogP contribution in [0.4, 0.5) is 5.69 Å². The van der Waals surface area contributed by atoms with Gasteiger partial charge >= 0.3 is 0 Å². The predicted octanol–water partition coefficient (Wildman–Crippen LogP) is 4.25. The lowest BCUT2D eigenvalue weighted by molar-refractivity contribution is 0.0939. The molecule has 10 heteroatoms. The molecule has 1 aromatic heterocycles. The highest BCUT2D eigenvalue weighted by Crippen LogP contribution is 2.33. The number of carbonyl (C=O) groups excluding carboxylic acids is 1. The van der Waals surface area contributed by atoms with Crippen LogP contribution < -0.4 is 15.4 Å². The van der Waals surface area contributed by atoms with Gasteiger partial charge in [-0.15, -0.1) is 0 Å². The van der Waals surface area contributed by atoms with Crippen LogP contribution in [0, 0.1) is 5.92 Å². The van der Waals surface area contributed by atoms with Crippen LogP contribution in [-0.2, 0) is 16.3 Å². The predicted molar refractivity (Wildman–Crippen MR) is 136 cm³/mol. The number of nitrogens with one attached hydrogen (secondary N) is 2. The number of amides is 1. The summed E-state index contributed by atoms with van der Waals surface area (Å²) in [5.41, 5.74) is 1.81. The van der Waals surface area contributed by atoms with Gasteiger partial charge in [0.05, 0.1) is 18.0 Å². The van der Waals surface area contributed by atoms with Crippen molar-refractivity contribution < 1.29 is 17.9 Å². The maximum absolute atomic E-state index is 13.0. The summed E-state index contributed by atoms with van der Waals surface area (Å²) >= 11 is 6.68. The van der Waals surface area contributed by atoms with Gasteiger partial charge in [-0.1, -0.05) is 18.5 Å². The Labute approximate surface area is 207 Å². The molecule has 0 bridgehead atoms. The van der Waals surface area contributed by atoms with Crippen molar-refractivity contribution in [2.45, 2.75) is 64.2 Å². The van der Waals surface area contributed by atoms with Crippen LogP contribution in [0.1, 0.15) is 62.8 Å². The first kappa shape index (κ1) is 26.3. The molecule has 8 nitrogen and oxygen atoms in total. The third kappa shape index (κ3) is 6.05. The zero-order chi connectivity index (χ0) is 25.0. The molecule has 0 saturated heterocycles. The molecule has 1 saturated carbocycles. The van der Waals surface area contributed by atoms with E-state index in [1.54, 1.807) is 11.7 Å². The SMILES string of the molecule is CCc1nc(C(=O)NCC2CCC(S(C)(=O)=O)CC2)c(Cl)n1-c1ccc(NC(C)C)cc1OC. The molecule has 188 valence electrons. The zero-order valence-electron chi connectivity index (χ0n) is 20.5. The van der Waals surface area contributed by atoms with Gasteiger partial charge in [0.15, 0.2) is 5.69 Å². The van der Waals surface area contributed by atoms with Crippen molar-refractivity contribution in [1.82, 2.24) is 14.9 Å². The monoisotopic (exact) mass is 510 g/mol. The molecule has 2 aromatic rings. The fourth-order valence-electron chi connectivity index (χ4n) is 4.44. The van der Waals surface area contributed by atoms with Crippen molar-refractivity contribution in [3.8, 4) is 11.4 Å². The summed E-state index contributed by atoms with van der Waals surface area (Å²) in [6, 6.07) is 6.02. The van der Waals surface area contributed by atoms with Crippen LogP contribution in [0.15, 0.2) is 18.2 Å². The van der Waals surface area contributed by atoms with Gasteiger partial charge in [0, 0.05) is 37.0 Å². The van der Waals surface area contributed by atoms with Crippen molar-refractivity contribution >= 4 is 33.0 Å². The number of nitrogens with zero attached hydrogens (tertiary/aromatic N) is 2. The van der Waals surface area contributed by atoms with Crippen molar-refractivity contribution in [3.05, 3.63) is 34.9 Å². The van der Waals surface area contributed by atoms with Crippen molar-refractivity contribution in [1.29, 1.82) is 0 Å². The second-order valence-electron chi connectivity index (χ2n) is 9.22. The maximum atomic E-state index is 13.0. The standard InChI is InChI=1S/C24H35ClN4O4S/c1-6-21-28-22(24(30)26-14-16-7-10-18(11-8-16)34(5,31)32)23(25)29(21)19-12-9-17(27-15(2)3)13-20(19)33-4/h9,12-13,15-16,18,27H,6-8,10-11,14H2,1-5H3,(H,26,30). The Kier molecular flexibility index (Phi) is 8.52. The molecule has 0 aliphatic heterocycles. The number of carbonyl (C=O) groups is 1. The van der Waals surface area contributed by atoms with Crippen LogP contribution >= 0.6 is 11.6 Å². The van der Waals surface area contributed by atoms with E-state index < -0.39 is 9.84 Å². The third-order valence-corrected chi connectivity index (χ3v) is 8.28. The van der Waals surface area contributed by atoms with Crippen molar-refractivity contribution in [2.24, 2.45) is 5.92 Å². The maximum Gasteiger partial charge on any atom is 0.273 e. The quantitative estimate of drug-likeness (QED) is 0.522. The first-order chi connectivity index (χ1) is 16.0. The Morgan fingerprint density at radius 3 is 2.50 bits per heavy atom. The number of anilines is 1. The molecule has 1 heterocycles. The summed E-state index contributed by atoms with van der Waals surface area (Å²) < 4.78 is 30.9. The van der Waals surface area contributed by atoms with E-state index in [0.29, 0.717) is 43.1 Å². The lowest BCUT2D eigenvalue weighted by atomic mass is 9.89. The minimum absolute atomic E-state index is 0.176. The molecule has 0 unspecified atom stereocenters. The molecule has 1 fully saturated rings. The Morgan fingerprint density at radius 2 is 1.94 bits per heavy atom. The van der Waals surface area contributed by atoms with E-state index in [0.717, 1.165) is 18.5 Å². The molecule has 0 spiro atoms. The summed E-state index contributed by atoms with van der Waals surface area (Å²) in [4.78, 5) is 17.5. The van der Waals surface area contributed by atoms with Gasteiger partial charge in [0.25, 0.3) is 5.91 Å². The summed E-state index contributed by atoms with van der Waals surface area (Å²) in [6.45, 7) is 6.55. The molecular weight excluding hydrogens is 476 g/mol. The van der Waals surface area contributed by atoms with Gasteiger partial charge in [0.2, 0.25) is 0 Å². The Bertz CT molecular complexity index is 1120. The molecule has 1 aliphatic carbocycles. The molecule has 2 N–H and O–H groups in total. The van der Waals surface area contributed by atoms with Gasteiger partial charge in [-0.05, 0) is 57.6 Å². The molecular formula is C24H35ClN4O4S. The van der Waals surface area contributed by atoms with E-state index in [1.165, 1.54) is 6.26 Å².